The van der Waals surface area contributed by atoms with E-state index in [1.165, 1.54) is 0 Å². The molecule has 0 bridgehead atoms. The molecule has 0 aliphatic heterocycles. The van der Waals surface area contributed by atoms with Crippen LogP contribution in [-0.2, 0) is 6.42 Å². The highest BCUT2D eigenvalue weighted by Crippen LogP contribution is 2.21. The van der Waals surface area contributed by atoms with Gasteiger partial charge in [0.1, 0.15) is 6.20 Å². The summed E-state index contributed by atoms with van der Waals surface area (Å²) in [6, 6.07) is 1.92. The molecule has 1 aromatic rings. The van der Waals surface area contributed by atoms with Crippen molar-refractivity contribution in [1.29, 1.82) is 0 Å². The lowest BCUT2D eigenvalue weighted by atomic mass is 10.2. The molecular formula is C8H7IN2. The Bertz CT molecular complexity index is 301. The summed E-state index contributed by atoms with van der Waals surface area (Å²) in [5, 5.41) is 0. The van der Waals surface area contributed by atoms with Crippen LogP contribution < -0.4 is 0 Å². The minimum atomic E-state index is 0.541. The molecule has 0 N–H and O–H groups in total. The SMILES string of the molecule is [C-]#[N+]c1nccc(I)c1CC. The van der Waals surface area contributed by atoms with Crippen LogP contribution in [0.2, 0.25) is 0 Å². The van der Waals surface area contributed by atoms with Crippen LogP contribution >= 0.6 is 22.6 Å². The van der Waals surface area contributed by atoms with E-state index in [0.29, 0.717) is 5.82 Å². The topological polar surface area (TPSA) is 17.2 Å². The lowest BCUT2D eigenvalue weighted by molar-refractivity contribution is 1.10. The molecular weight excluding hydrogens is 251 g/mol. The van der Waals surface area contributed by atoms with E-state index in [2.05, 4.69) is 32.4 Å². The zero-order valence-corrected chi connectivity index (χ0v) is 8.29. The Hall–Kier alpha value is -0.630. The van der Waals surface area contributed by atoms with Crippen LogP contribution in [0.15, 0.2) is 12.3 Å². The van der Waals surface area contributed by atoms with E-state index in [0.717, 1.165) is 15.6 Å². The van der Waals surface area contributed by atoms with Crippen molar-refractivity contribution in [3.63, 3.8) is 0 Å². The molecule has 0 aromatic carbocycles. The molecule has 0 aliphatic rings. The molecule has 1 rings (SSSR count). The molecule has 2 nitrogen and oxygen atoms in total. The minimum absolute atomic E-state index is 0.541. The first-order valence-electron chi connectivity index (χ1n) is 3.30. The highest BCUT2D eigenvalue weighted by atomic mass is 127. The summed E-state index contributed by atoms with van der Waals surface area (Å²) in [5.74, 6) is 0.541. The van der Waals surface area contributed by atoms with Crippen LogP contribution in [0.4, 0.5) is 5.82 Å². The van der Waals surface area contributed by atoms with Crippen molar-refractivity contribution in [3.05, 3.63) is 32.8 Å². The van der Waals surface area contributed by atoms with Gasteiger partial charge in [0.2, 0.25) is 0 Å². The van der Waals surface area contributed by atoms with Gasteiger partial charge in [-0.25, -0.2) is 0 Å². The first kappa shape index (κ1) is 8.47. The summed E-state index contributed by atoms with van der Waals surface area (Å²) < 4.78 is 1.13. The lowest BCUT2D eigenvalue weighted by Gasteiger charge is -2.00. The number of halogens is 1. The van der Waals surface area contributed by atoms with E-state index < -0.39 is 0 Å². The van der Waals surface area contributed by atoms with Crippen LogP contribution in [-0.4, -0.2) is 4.98 Å². The fourth-order valence-electron chi connectivity index (χ4n) is 0.882. The van der Waals surface area contributed by atoms with Crippen molar-refractivity contribution in [3.8, 4) is 0 Å². The molecule has 0 aliphatic carbocycles. The van der Waals surface area contributed by atoms with E-state index in [9.17, 15) is 0 Å². The Labute approximate surface area is 79.6 Å². The Morgan fingerprint density at radius 2 is 2.45 bits per heavy atom. The van der Waals surface area contributed by atoms with Gasteiger partial charge < -0.3 is 4.85 Å². The molecule has 56 valence electrons. The summed E-state index contributed by atoms with van der Waals surface area (Å²) >= 11 is 2.23. The number of hydrogen-bond donors (Lipinski definition) is 0. The van der Waals surface area contributed by atoms with Crippen LogP contribution in [0.1, 0.15) is 12.5 Å². The van der Waals surface area contributed by atoms with E-state index in [1.807, 2.05) is 13.0 Å². The van der Waals surface area contributed by atoms with Gasteiger partial charge in [0, 0.05) is 3.57 Å². The van der Waals surface area contributed by atoms with Gasteiger partial charge in [-0.1, -0.05) is 13.5 Å². The lowest BCUT2D eigenvalue weighted by Crippen LogP contribution is -1.87. The molecule has 0 saturated carbocycles. The molecule has 0 spiro atoms. The molecule has 0 unspecified atom stereocenters. The molecule has 0 radical (unpaired) electrons. The first-order valence-corrected chi connectivity index (χ1v) is 4.38. The molecule has 0 saturated heterocycles. The van der Waals surface area contributed by atoms with Crippen LogP contribution in [0.25, 0.3) is 4.85 Å². The molecule has 3 heteroatoms. The fraction of sp³-hybridized carbons (Fsp3) is 0.250. The number of hydrogen-bond acceptors (Lipinski definition) is 1. The van der Waals surface area contributed by atoms with E-state index in [4.69, 9.17) is 6.57 Å². The Kier molecular flexibility index (Phi) is 2.83. The minimum Gasteiger partial charge on any atom is -0.360 e. The molecule has 1 heterocycles. The van der Waals surface area contributed by atoms with Gasteiger partial charge in [-0.05, 0) is 40.6 Å². The fourth-order valence-corrected chi connectivity index (χ4v) is 1.67. The van der Waals surface area contributed by atoms with Crippen molar-refractivity contribution < 1.29 is 0 Å². The first-order chi connectivity index (χ1) is 5.29. The number of nitrogens with zero attached hydrogens (tertiary/aromatic N) is 2. The monoisotopic (exact) mass is 258 g/mol. The summed E-state index contributed by atoms with van der Waals surface area (Å²) in [4.78, 5) is 7.31. The predicted molar refractivity (Wildman–Crippen MR) is 52.6 cm³/mol. The van der Waals surface area contributed by atoms with Crippen molar-refractivity contribution in [2.24, 2.45) is 0 Å². The maximum atomic E-state index is 6.84. The van der Waals surface area contributed by atoms with Gasteiger partial charge in [-0.15, -0.1) is 4.98 Å². The van der Waals surface area contributed by atoms with Gasteiger partial charge in [-0.3, -0.25) is 0 Å². The summed E-state index contributed by atoms with van der Waals surface area (Å²) in [6.45, 7) is 8.88. The van der Waals surface area contributed by atoms with Crippen molar-refractivity contribution in [2.45, 2.75) is 13.3 Å². The predicted octanol–water partition coefficient (Wildman–Crippen LogP) is 2.80. The maximum Gasteiger partial charge on any atom is 0.273 e. The van der Waals surface area contributed by atoms with Crippen molar-refractivity contribution >= 4 is 28.4 Å². The standard InChI is InChI=1S/C8H7IN2/c1-3-6-7(9)4-5-11-8(6)10-2/h4-5H,3H2,1H3. The normalized spacial score (nSPS) is 9.18. The van der Waals surface area contributed by atoms with E-state index >= 15 is 0 Å². The Morgan fingerprint density at radius 3 is 2.91 bits per heavy atom. The molecule has 0 fully saturated rings. The quantitative estimate of drug-likeness (QED) is 0.559. The molecule has 0 atom stereocenters. The number of pyridine rings is 1. The summed E-state index contributed by atoms with van der Waals surface area (Å²) in [5.41, 5.74) is 1.06. The average molecular weight is 258 g/mol. The summed E-state index contributed by atoms with van der Waals surface area (Å²) in [6.07, 6.45) is 2.55. The Morgan fingerprint density at radius 1 is 1.73 bits per heavy atom. The van der Waals surface area contributed by atoms with Gasteiger partial charge in [0.25, 0.3) is 5.82 Å². The third-order valence-corrected chi connectivity index (χ3v) is 2.45. The Balaban J connectivity index is 3.27. The molecule has 0 amide bonds. The zero-order valence-electron chi connectivity index (χ0n) is 6.13. The van der Waals surface area contributed by atoms with Crippen LogP contribution in [0.3, 0.4) is 0 Å². The third-order valence-electron chi connectivity index (χ3n) is 1.44. The highest BCUT2D eigenvalue weighted by Gasteiger charge is 2.04. The molecule has 11 heavy (non-hydrogen) atoms. The average Bonchev–Trinajstić information content (AvgIpc) is 2.04. The summed E-state index contributed by atoms with van der Waals surface area (Å²) in [7, 11) is 0. The second-order valence-electron chi connectivity index (χ2n) is 2.06. The largest absolute Gasteiger partial charge is 0.360 e. The van der Waals surface area contributed by atoms with Crippen molar-refractivity contribution in [2.75, 3.05) is 0 Å². The van der Waals surface area contributed by atoms with E-state index in [1.54, 1.807) is 6.20 Å². The maximum absolute atomic E-state index is 6.84. The third kappa shape index (κ3) is 1.69. The molecule has 1 aromatic heterocycles. The van der Waals surface area contributed by atoms with Crippen LogP contribution in [0, 0.1) is 10.1 Å². The second kappa shape index (κ2) is 3.67. The number of aromatic nitrogens is 1. The smallest absolute Gasteiger partial charge is 0.273 e. The zero-order chi connectivity index (χ0) is 8.27. The second-order valence-corrected chi connectivity index (χ2v) is 3.22. The van der Waals surface area contributed by atoms with Gasteiger partial charge in [0.05, 0.1) is 0 Å². The van der Waals surface area contributed by atoms with Gasteiger partial charge in [-0.2, -0.15) is 0 Å². The van der Waals surface area contributed by atoms with Gasteiger partial charge in [0.15, 0.2) is 0 Å². The number of rotatable bonds is 1. The van der Waals surface area contributed by atoms with Crippen LogP contribution in [0.5, 0.6) is 0 Å². The van der Waals surface area contributed by atoms with E-state index in [-0.39, 0.29) is 0 Å². The van der Waals surface area contributed by atoms with Gasteiger partial charge >= 0.3 is 0 Å². The van der Waals surface area contributed by atoms with Crippen molar-refractivity contribution in [1.82, 2.24) is 4.98 Å². The highest BCUT2D eigenvalue weighted by molar-refractivity contribution is 14.1.